The summed E-state index contributed by atoms with van der Waals surface area (Å²) in [5, 5.41) is 21.8. The van der Waals surface area contributed by atoms with Gasteiger partial charge in [0.05, 0.1) is 12.8 Å². The van der Waals surface area contributed by atoms with Crippen LogP contribution in [0.4, 0.5) is 5.69 Å². The molecule has 168 valence electrons. The molecule has 2 aliphatic rings. The van der Waals surface area contributed by atoms with Crippen LogP contribution in [0.1, 0.15) is 64.6 Å². The first-order valence-electron chi connectivity index (χ1n) is 10.4. The number of carbonyl (C=O) groups is 1. The number of hydrogen-bond donors (Lipinski definition) is 5. The number of imidazole rings is 1. The number of aliphatic hydroxyl groups is 1. The Hall–Kier alpha value is -3.04. The van der Waals surface area contributed by atoms with E-state index in [-0.39, 0.29) is 37.1 Å². The van der Waals surface area contributed by atoms with Crippen LogP contribution in [0.2, 0.25) is 0 Å². The van der Waals surface area contributed by atoms with Crippen LogP contribution in [0.25, 0.3) is 5.57 Å². The molecule has 0 saturated carbocycles. The summed E-state index contributed by atoms with van der Waals surface area (Å²) >= 11 is 0. The lowest BCUT2D eigenvalue weighted by atomic mass is 9.86. The fourth-order valence-corrected chi connectivity index (χ4v) is 5.01. The number of allylic oxidation sites excluding steroid dienone is 2. The van der Waals surface area contributed by atoms with Gasteiger partial charge in [0.25, 0.3) is 16.1 Å². The summed E-state index contributed by atoms with van der Waals surface area (Å²) in [5.41, 5.74) is 4.08. The lowest BCUT2D eigenvalue weighted by Crippen LogP contribution is -2.47. The zero-order valence-corrected chi connectivity index (χ0v) is 18.1. The van der Waals surface area contributed by atoms with E-state index in [1.165, 1.54) is 6.20 Å². The predicted molar refractivity (Wildman–Crippen MR) is 118 cm³/mol. The zero-order chi connectivity index (χ0) is 22.7. The Morgan fingerprint density at radius 2 is 2.06 bits per heavy atom. The van der Waals surface area contributed by atoms with Gasteiger partial charge in [0.2, 0.25) is 0 Å². The summed E-state index contributed by atoms with van der Waals surface area (Å²) in [5.74, 6) is -0.643. The number of aromatic nitrogens is 2. The van der Waals surface area contributed by atoms with E-state index in [9.17, 15) is 18.3 Å². The van der Waals surface area contributed by atoms with Crippen LogP contribution < -0.4 is 14.8 Å². The molecule has 4 rings (SSSR count). The lowest BCUT2D eigenvalue weighted by molar-refractivity contribution is 0.101. The molecule has 1 aromatic heterocycles. The number of aromatic amines is 1. The highest BCUT2D eigenvalue weighted by molar-refractivity contribution is 7.87. The van der Waals surface area contributed by atoms with Crippen LogP contribution in [0.15, 0.2) is 24.4 Å². The van der Waals surface area contributed by atoms with Crippen molar-refractivity contribution in [2.75, 3.05) is 18.4 Å². The van der Waals surface area contributed by atoms with Crippen LogP contribution in [0, 0.1) is 11.3 Å². The Balaban J connectivity index is 1.72. The predicted octanol–water partition coefficient (Wildman–Crippen LogP) is 1.50. The molecule has 0 bridgehead atoms. The monoisotopic (exact) mass is 456 g/mol. The van der Waals surface area contributed by atoms with Gasteiger partial charge in [-0.15, -0.1) is 0 Å². The Labute approximate surface area is 185 Å². The largest absolute Gasteiger partial charge is 0.392 e. The number of nitrogens with zero attached hydrogens (tertiary/aromatic N) is 2. The summed E-state index contributed by atoms with van der Waals surface area (Å²) < 4.78 is 28.3. The molecule has 0 spiro atoms. The number of anilines is 1. The Morgan fingerprint density at radius 3 is 2.69 bits per heavy atom. The van der Waals surface area contributed by atoms with Gasteiger partial charge in [-0.25, -0.2) is 14.4 Å². The molecule has 1 fully saturated rings. The highest BCUT2D eigenvalue weighted by Gasteiger charge is 2.27. The Kier molecular flexibility index (Phi) is 6.38. The van der Waals surface area contributed by atoms with E-state index in [2.05, 4.69) is 30.8 Å². The van der Waals surface area contributed by atoms with Crippen LogP contribution in [-0.4, -0.2) is 42.5 Å². The number of nitrogens with one attached hydrogen (secondary N) is 4. The number of nitriles is 1. The minimum atomic E-state index is -3.49. The third-order valence-corrected chi connectivity index (χ3v) is 6.82. The van der Waals surface area contributed by atoms with E-state index >= 15 is 0 Å². The van der Waals surface area contributed by atoms with E-state index in [0.717, 1.165) is 42.4 Å². The first kappa shape index (κ1) is 22.2. The fraction of sp³-hybridized carbons (Fsp3) is 0.381. The maximum Gasteiger partial charge on any atom is 0.291 e. The van der Waals surface area contributed by atoms with E-state index in [4.69, 9.17) is 5.26 Å². The number of aliphatic hydroxyl groups excluding tert-OH is 1. The third kappa shape index (κ3) is 4.73. The maximum absolute atomic E-state index is 12.8. The number of amides is 1. The molecule has 2 heterocycles. The van der Waals surface area contributed by atoms with Crippen molar-refractivity contribution in [2.45, 2.75) is 38.2 Å². The number of hydrogen-bond acceptors (Lipinski definition) is 6. The van der Waals surface area contributed by atoms with Crippen molar-refractivity contribution in [3.63, 3.8) is 0 Å². The molecule has 2 aromatic rings. The van der Waals surface area contributed by atoms with Crippen molar-refractivity contribution < 1.29 is 18.3 Å². The van der Waals surface area contributed by atoms with Gasteiger partial charge >= 0.3 is 0 Å². The van der Waals surface area contributed by atoms with Crippen molar-refractivity contribution in [3.8, 4) is 6.07 Å². The van der Waals surface area contributed by atoms with Gasteiger partial charge in [-0.2, -0.15) is 13.7 Å². The smallest absolute Gasteiger partial charge is 0.291 e. The molecule has 11 heteroatoms. The molecule has 1 aliphatic heterocycles. The second kappa shape index (κ2) is 9.22. The van der Waals surface area contributed by atoms with Crippen LogP contribution in [0.3, 0.4) is 0 Å². The summed E-state index contributed by atoms with van der Waals surface area (Å²) in [4.78, 5) is 19.4. The van der Waals surface area contributed by atoms with Gasteiger partial charge in [0.1, 0.15) is 11.8 Å². The van der Waals surface area contributed by atoms with Gasteiger partial charge < -0.3 is 15.4 Å². The second-order valence-corrected chi connectivity index (χ2v) is 9.42. The highest BCUT2D eigenvalue weighted by Crippen LogP contribution is 2.36. The number of benzene rings is 1. The van der Waals surface area contributed by atoms with Gasteiger partial charge in [0, 0.05) is 30.3 Å². The average Bonchev–Trinajstić information content (AvgIpc) is 3.29. The SMILES string of the molecule is N#Cc1cnc(C(=O)Nc2cc(CO)c(C3CNS(=O)(=O)NC3)cc2C2=CCCCC2)[nH]1. The van der Waals surface area contributed by atoms with Gasteiger partial charge in [-0.1, -0.05) is 6.08 Å². The van der Waals surface area contributed by atoms with Crippen molar-refractivity contribution in [1.29, 1.82) is 5.26 Å². The molecular formula is C21H24N6O4S. The number of H-pyrrole nitrogens is 1. The third-order valence-electron chi connectivity index (χ3n) is 5.73. The Morgan fingerprint density at radius 1 is 1.28 bits per heavy atom. The molecule has 1 aliphatic carbocycles. The molecule has 32 heavy (non-hydrogen) atoms. The average molecular weight is 457 g/mol. The van der Waals surface area contributed by atoms with E-state index in [0.29, 0.717) is 11.3 Å². The normalized spacial score (nSPS) is 18.6. The maximum atomic E-state index is 12.8. The van der Waals surface area contributed by atoms with Crippen molar-refractivity contribution in [2.24, 2.45) is 0 Å². The molecule has 10 nitrogen and oxygen atoms in total. The van der Waals surface area contributed by atoms with Gasteiger partial charge in [-0.05, 0) is 54.5 Å². The van der Waals surface area contributed by atoms with Crippen molar-refractivity contribution in [3.05, 3.63) is 52.6 Å². The van der Waals surface area contributed by atoms with Crippen LogP contribution in [-0.2, 0) is 16.8 Å². The standard InChI is InChI=1S/C21H24N6O4S/c22-8-16-11-23-20(26-16)21(29)27-19-6-14(12-28)17(15-9-24-32(30,31)25-10-15)7-18(19)13-4-2-1-3-5-13/h4,6-7,11,15,24-25,28H,1-3,5,9-10,12H2,(H,23,26)(H,27,29). The molecule has 0 unspecified atom stereocenters. The zero-order valence-electron chi connectivity index (χ0n) is 17.3. The summed E-state index contributed by atoms with van der Waals surface area (Å²) in [6.07, 6.45) is 7.37. The second-order valence-electron chi connectivity index (χ2n) is 7.84. The fourth-order valence-electron chi connectivity index (χ4n) is 4.07. The summed E-state index contributed by atoms with van der Waals surface area (Å²) in [6, 6.07) is 5.57. The van der Waals surface area contributed by atoms with Crippen LogP contribution in [0.5, 0.6) is 0 Å². The highest BCUT2D eigenvalue weighted by atomic mass is 32.2. The van der Waals surface area contributed by atoms with E-state index in [1.807, 2.05) is 12.1 Å². The minimum Gasteiger partial charge on any atom is -0.392 e. The first-order valence-corrected chi connectivity index (χ1v) is 11.9. The molecule has 1 aromatic carbocycles. The van der Waals surface area contributed by atoms with Gasteiger partial charge in [0.15, 0.2) is 5.82 Å². The van der Waals surface area contributed by atoms with Crippen LogP contribution >= 0.6 is 0 Å². The van der Waals surface area contributed by atoms with Crippen molar-refractivity contribution >= 4 is 27.4 Å². The number of rotatable bonds is 5. The molecule has 0 atom stereocenters. The minimum absolute atomic E-state index is 0.0191. The van der Waals surface area contributed by atoms with Crippen molar-refractivity contribution in [1.82, 2.24) is 19.4 Å². The topological polar surface area (TPSA) is 160 Å². The summed E-state index contributed by atoms with van der Waals surface area (Å²) in [6.45, 7) is 0.172. The lowest BCUT2D eigenvalue weighted by Gasteiger charge is -2.27. The molecule has 0 radical (unpaired) electrons. The molecular weight excluding hydrogens is 432 g/mol. The molecule has 1 amide bonds. The first-order chi connectivity index (χ1) is 15.4. The Bertz CT molecular complexity index is 1200. The summed E-state index contributed by atoms with van der Waals surface area (Å²) in [7, 11) is -3.49. The van der Waals surface area contributed by atoms with E-state index < -0.39 is 16.1 Å². The number of carbonyl (C=O) groups excluding carboxylic acids is 1. The quantitative estimate of drug-likeness (QED) is 0.458. The van der Waals surface area contributed by atoms with Gasteiger partial charge in [-0.3, -0.25) is 4.79 Å². The molecule has 1 saturated heterocycles. The van der Waals surface area contributed by atoms with E-state index in [1.54, 1.807) is 6.07 Å². The molecule has 5 N–H and O–H groups in total.